The fourth-order valence-electron chi connectivity index (χ4n) is 2.43. The van der Waals surface area contributed by atoms with Gasteiger partial charge in [-0.05, 0) is 25.1 Å². The first kappa shape index (κ1) is 16.6. The van der Waals surface area contributed by atoms with Gasteiger partial charge in [0.25, 0.3) is 5.69 Å². The average molecular weight is 343 g/mol. The van der Waals surface area contributed by atoms with Crippen molar-refractivity contribution in [3.63, 3.8) is 0 Å². The van der Waals surface area contributed by atoms with Gasteiger partial charge >= 0.3 is 0 Å². The van der Waals surface area contributed by atoms with E-state index in [0.29, 0.717) is 36.1 Å². The molecule has 0 saturated heterocycles. The molecule has 1 heterocycles. The number of anilines is 2. The molecule has 0 radical (unpaired) electrons. The van der Waals surface area contributed by atoms with Gasteiger partial charge in [0.15, 0.2) is 11.5 Å². The molecule has 8 heteroatoms. The van der Waals surface area contributed by atoms with Crippen LogP contribution < -0.4 is 20.1 Å². The Hall–Kier alpha value is -3.29. The summed E-state index contributed by atoms with van der Waals surface area (Å²) < 4.78 is 11.1. The van der Waals surface area contributed by atoms with Gasteiger partial charge in [-0.25, -0.2) is 0 Å². The van der Waals surface area contributed by atoms with Crippen LogP contribution in [-0.2, 0) is 4.79 Å². The van der Waals surface area contributed by atoms with Gasteiger partial charge in [0.1, 0.15) is 19.3 Å². The minimum Gasteiger partial charge on any atom is -0.486 e. The van der Waals surface area contributed by atoms with Crippen LogP contribution in [0.1, 0.15) is 6.92 Å². The summed E-state index contributed by atoms with van der Waals surface area (Å²) in [6.45, 7) is 2.62. The Morgan fingerprint density at radius 1 is 1.20 bits per heavy atom. The van der Waals surface area contributed by atoms with Crippen LogP contribution in [0.2, 0.25) is 0 Å². The largest absolute Gasteiger partial charge is 0.486 e. The van der Waals surface area contributed by atoms with Gasteiger partial charge < -0.3 is 20.1 Å². The molecule has 25 heavy (non-hydrogen) atoms. The zero-order valence-corrected chi connectivity index (χ0v) is 13.5. The lowest BCUT2D eigenvalue weighted by Gasteiger charge is -2.23. The minimum absolute atomic E-state index is 0.0823. The summed E-state index contributed by atoms with van der Waals surface area (Å²) in [6.07, 6.45) is 0. The van der Waals surface area contributed by atoms with E-state index in [9.17, 15) is 14.9 Å². The van der Waals surface area contributed by atoms with Crippen LogP contribution in [0.4, 0.5) is 17.1 Å². The monoisotopic (exact) mass is 343 g/mol. The average Bonchev–Trinajstić information content (AvgIpc) is 2.62. The zero-order chi connectivity index (χ0) is 17.8. The van der Waals surface area contributed by atoms with E-state index < -0.39 is 11.0 Å². The summed E-state index contributed by atoms with van der Waals surface area (Å²) >= 11 is 0. The van der Waals surface area contributed by atoms with E-state index in [1.54, 1.807) is 31.2 Å². The van der Waals surface area contributed by atoms with Crippen LogP contribution >= 0.6 is 0 Å². The number of para-hydroxylation sites is 1. The molecule has 1 atom stereocenters. The van der Waals surface area contributed by atoms with E-state index in [0.717, 1.165) is 0 Å². The quantitative estimate of drug-likeness (QED) is 0.639. The number of hydrogen-bond acceptors (Lipinski definition) is 6. The number of carbonyl (C=O) groups excluding carboxylic acids is 1. The normalized spacial score (nSPS) is 13.6. The fourth-order valence-corrected chi connectivity index (χ4v) is 2.43. The third-order valence-electron chi connectivity index (χ3n) is 3.66. The summed E-state index contributed by atoms with van der Waals surface area (Å²) in [5.74, 6) is 0.876. The molecule has 3 rings (SSSR count). The van der Waals surface area contributed by atoms with Crippen LogP contribution in [0.5, 0.6) is 11.5 Å². The SMILES string of the molecule is C[C@@H](Nc1cccc2c1OCCO2)C(=O)Nc1cccc([N+](=O)[O-])c1. The molecule has 0 fully saturated rings. The Labute approximate surface area is 143 Å². The number of non-ortho nitro benzene ring substituents is 1. The van der Waals surface area contributed by atoms with Gasteiger partial charge in [-0.3, -0.25) is 14.9 Å². The van der Waals surface area contributed by atoms with Crippen molar-refractivity contribution in [2.75, 3.05) is 23.8 Å². The summed E-state index contributed by atoms with van der Waals surface area (Å²) in [7, 11) is 0. The van der Waals surface area contributed by atoms with E-state index in [1.807, 2.05) is 0 Å². The van der Waals surface area contributed by atoms with Gasteiger partial charge in [0.05, 0.1) is 10.6 Å². The highest BCUT2D eigenvalue weighted by Crippen LogP contribution is 2.37. The fraction of sp³-hybridized carbons (Fsp3) is 0.235. The number of benzene rings is 2. The molecule has 1 aliphatic heterocycles. The molecule has 0 saturated carbocycles. The number of nitrogens with zero attached hydrogens (tertiary/aromatic N) is 1. The maximum Gasteiger partial charge on any atom is 0.271 e. The number of nitro benzene ring substituents is 1. The molecule has 2 aromatic rings. The standard InChI is InChI=1S/C17H17N3O5/c1-11(17(21)19-12-4-2-5-13(10-12)20(22)23)18-14-6-3-7-15-16(14)25-9-8-24-15/h2-7,10-11,18H,8-9H2,1H3,(H,19,21)/t11-/m1/s1. The molecule has 130 valence electrons. The first-order valence-corrected chi connectivity index (χ1v) is 7.75. The van der Waals surface area contributed by atoms with Crippen molar-refractivity contribution in [3.05, 3.63) is 52.6 Å². The smallest absolute Gasteiger partial charge is 0.271 e. The molecule has 0 aromatic heterocycles. The lowest BCUT2D eigenvalue weighted by atomic mass is 10.2. The molecule has 0 spiro atoms. The number of fused-ring (bicyclic) bond motifs is 1. The van der Waals surface area contributed by atoms with Crippen molar-refractivity contribution in [1.29, 1.82) is 0 Å². The minimum atomic E-state index is -0.587. The van der Waals surface area contributed by atoms with Gasteiger partial charge in [0, 0.05) is 17.8 Å². The first-order chi connectivity index (χ1) is 12.0. The second-order valence-corrected chi connectivity index (χ2v) is 5.49. The Balaban J connectivity index is 1.69. The lowest BCUT2D eigenvalue weighted by molar-refractivity contribution is -0.384. The Kier molecular flexibility index (Phi) is 4.69. The molecule has 2 N–H and O–H groups in total. The number of hydrogen-bond donors (Lipinski definition) is 2. The number of rotatable bonds is 5. The predicted octanol–water partition coefficient (Wildman–Crippen LogP) is 2.81. The summed E-state index contributed by atoms with van der Waals surface area (Å²) in [6, 6.07) is 10.6. The Bertz CT molecular complexity index is 809. The highest BCUT2D eigenvalue weighted by Gasteiger charge is 2.20. The highest BCUT2D eigenvalue weighted by atomic mass is 16.6. The number of nitro groups is 1. The lowest BCUT2D eigenvalue weighted by Crippen LogP contribution is -2.32. The third-order valence-corrected chi connectivity index (χ3v) is 3.66. The number of amides is 1. The molecule has 1 aliphatic rings. The van der Waals surface area contributed by atoms with Crippen molar-refractivity contribution in [2.24, 2.45) is 0 Å². The maximum absolute atomic E-state index is 12.4. The molecule has 0 aliphatic carbocycles. The molecular formula is C17H17N3O5. The van der Waals surface area contributed by atoms with Crippen LogP contribution in [-0.4, -0.2) is 30.1 Å². The van der Waals surface area contributed by atoms with E-state index in [-0.39, 0.29) is 11.6 Å². The van der Waals surface area contributed by atoms with E-state index in [1.165, 1.54) is 18.2 Å². The van der Waals surface area contributed by atoms with Crippen molar-refractivity contribution in [1.82, 2.24) is 0 Å². The molecular weight excluding hydrogens is 326 g/mol. The van der Waals surface area contributed by atoms with E-state index in [2.05, 4.69) is 10.6 Å². The van der Waals surface area contributed by atoms with Gasteiger partial charge in [0.2, 0.25) is 5.91 Å². The van der Waals surface area contributed by atoms with Crippen molar-refractivity contribution >= 4 is 23.0 Å². The highest BCUT2D eigenvalue weighted by molar-refractivity contribution is 5.96. The van der Waals surface area contributed by atoms with Gasteiger partial charge in [-0.1, -0.05) is 12.1 Å². The second kappa shape index (κ2) is 7.08. The van der Waals surface area contributed by atoms with E-state index >= 15 is 0 Å². The van der Waals surface area contributed by atoms with Crippen LogP contribution in [0.25, 0.3) is 0 Å². The number of ether oxygens (including phenoxy) is 2. The van der Waals surface area contributed by atoms with Crippen molar-refractivity contribution in [2.45, 2.75) is 13.0 Å². The molecule has 0 bridgehead atoms. The number of carbonyl (C=O) groups is 1. The Morgan fingerprint density at radius 3 is 2.76 bits per heavy atom. The first-order valence-electron chi connectivity index (χ1n) is 7.75. The van der Waals surface area contributed by atoms with Crippen molar-refractivity contribution < 1.29 is 19.2 Å². The second-order valence-electron chi connectivity index (χ2n) is 5.49. The number of nitrogens with one attached hydrogen (secondary N) is 2. The molecule has 8 nitrogen and oxygen atoms in total. The predicted molar refractivity (Wildman–Crippen MR) is 92.2 cm³/mol. The van der Waals surface area contributed by atoms with Crippen molar-refractivity contribution in [3.8, 4) is 11.5 Å². The topological polar surface area (TPSA) is 103 Å². The van der Waals surface area contributed by atoms with Crippen LogP contribution in [0.3, 0.4) is 0 Å². The summed E-state index contributed by atoms with van der Waals surface area (Å²) in [5.41, 5.74) is 0.933. The summed E-state index contributed by atoms with van der Waals surface area (Å²) in [5, 5.41) is 16.5. The Morgan fingerprint density at radius 2 is 1.96 bits per heavy atom. The van der Waals surface area contributed by atoms with Crippen LogP contribution in [0.15, 0.2) is 42.5 Å². The third kappa shape index (κ3) is 3.79. The maximum atomic E-state index is 12.4. The van der Waals surface area contributed by atoms with Crippen LogP contribution in [0, 0.1) is 10.1 Å². The summed E-state index contributed by atoms with van der Waals surface area (Å²) in [4.78, 5) is 22.6. The molecule has 2 aromatic carbocycles. The van der Waals surface area contributed by atoms with E-state index in [4.69, 9.17) is 9.47 Å². The van der Waals surface area contributed by atoms with Gasteiger partial charge in [-0.2, -0.15) is 0 Å². The van der Waals surface area contributed by atoms with Gasteiger partial charge in [-0.15, -0.1) is 0 Å². The molecule has 0 unspecified atom stereocenters. The molecule has 1 amide bonds. The zero-order valence-electron chi connectivity index (χ0n) is 13.5.